The van der Waals surface area contributed by atoms with E-state index in [0.29, 0.717) is 22.2 Å². The zero-order chi connectivity index (χ0) is 22.3. The van der Waals surface area contributed by atoms with E-state index in [0.717, 1.165) is 24.8 Å². The van der Waals surface area contributed by atoms with Crippen LogP contribution < -0.4 is 11.3 Å². The molecule has 166 valence electrons. The number of carbonyl (C=O) groups excluding carboxylic acids is 1. The number of nitrogens with zero attached hydrogens (tertiary/aromatic N) is 2. The SMILES string of the molecule is NC1CCN([S+]([O-])c2cccc3c(=O)n(COC(=O)Cc4ccccc4)ccc23)C12CC2. The number of esters is 1. The van der Waals surface area contributed by atoms with Gasteiger partial charge in [0.2, 0.25) is 0 Å². The van der Waals surface area contributed by atoms with Gasteiger partial charge in [0.1, 0.15) is 0 Å². The molecular weight excluding hydrogens is 426 g/mol. The van der Waals surface area contributed by atoms with Gasteiger partial charge in [0.15, 0.2) is 11.6 Å². The van der Waals surface area contributed by atoms with Crippen molar-refractivity contribution in [2.75, 3.05) is 6.54 Å². The molecule has 3 aromatic rings. The Morgan fingerprint density at radius 2 is 1.91 bits per heavy atom. The molecule has 1 aromatic heterocycles. The molecule has 5 rings (SSSR count). The van der Waals surface area contributed by atoms with E-state index < -0.39 is 17.3 Å². The van der Waals surface area contributed by atoms with E-state index in [2.05, 4.69) is 0 Å². The molecule has 2 fully saturated rings. The highest BCUT2D eigenvalue weighted by Gasteiger charge is 2.61. The number of pyridine rings is 1. The third-order valence-electron chi connectivity index (χ3n) is 6.52. The maximum Gasteiger partial charge on any atom is 0.311 e. The average molecular weight is 452 g/mol. The number of rotatable bonds is 6. The Bertz CT molecular complexity index is 1210. The van der Waals surface area contributed by atoms with Crippen LogP contribution in [-0.2, 0) is 34.0 Å². The van der Waals surface area contributed by atoms with Gasteiger partial charge in [0.05, 0.1) is 28.7 Å². The molecule has 2 N–H and O–H groups in total. The molecule has 0 bridgehead atoms. The number of ether oxygens (including phenoxy) is 1. The van der Waals surface area contributed by atoms with Crippen molar-refractivity contribution in [1.29, 1.82) is 0 Å². The summed E-state index contributed by atoms with van der Waals surface area (Å²) in [4.78, 5) is 25.8. The van der Waals surface area contributed by atoms with Crippen LogP contribution in [0.25, 0.3) is 10.8 Å². The summed E-state index contributed by atoms with van der Waals surface area (Å²) in [5, 5.41) is 1.10. The highest BCUT2D eigenvalue weighted by molar-refractivity contribution is 7.89. The number of aromatic nitrogens is 1. The van der Waals surface area contributed by atoms with Crippen molar-refractivity contribution in [3.63, 3.8) is 0 Å². The van der Waals surface area contributed by atoms with E-state index in [-0.39, 0.29) is 30.3 Å². The third-order valence-corrected chi connectivity index (χ3v) is 8.19. The molecule has 1 spiro atoms. The van der Waals surface area contributed by atoms with Crippen LogP contribution in [0, 0.1) is 0 Å². The third kappa shape index (κ3) is 3.73. The van der Waals surface area contributed by atoms with Crippen molar-refractivity contribution < 1.29 is 14.1 Å². The van der Waals surface area contributed by atoms with Crippen molar-refractivity contribution in [2.24, 2.45) is 5.73 Å². The number of carbonyl (C=O) groups is 1. The molecule has 8 heteroatoms. The second-order valence-corrected chi connectivity index (χ2v) is 9.84. The Morgan fingerprint density at radius 3 is 2.66 bits per heavy atom. The van der Waals surface area contributed by atoms with Crippen molar-refractivity contribution >= 4 is 28.1 Å². The molecule has 2 heterocycles. The van der Waals surface area contributed by atoms with Crippen molar-refractivity contribution in [2.45, 2.75) is 48.9 Å². The first-order valence-electron chi connectivity index (χ1n) is 10.8. The standard InChI is InChI=1S/C24H25N3O4S/c25-21-10-14-27(24(21)11-12-24)32(30)20-8-4-7-19-18(20)9-13-26(23(19)29)16-31-22(28)15-17-5-2-1-3-6-17/h1-9,13,21H,10-12,14-16,25H2. The molecule has 2 unspecified atom stereocenters. The predicted molar refractivity (Wildman–Crippen MR) is 122 cm³/mol. The fraction of sp³-hybridized carbons (Fsp3) is 0.333. The summed E-state index contributed by atoms with van der Waals surface area (Å²) < 4.78 is 22.1. The lowest BCUT2D eigenvalue weighted by molar-refractivity contribution is -0.146. The summed E-state index contributed by atoms with van der Waals surface area (Å²) in [6, 6.07) is 16.4. The van der Waals surface area contributed by atoms with E-state index in [1.807, 2.05) is 40.7 Å². The lowest BCUT2D eigenvalue weighted by Gasteiger charge is -2.27. The number of hydrogen-bond donors (Lipinski definition) is 1. The first-order chi connectivity index (χ1) is 15.5. The molecule has 1 aliphatic heterocycles. The van der Waals surface area contributed by atoms with Gasteiger partial charge in [-0.3, -0.25) is 14.2 Å². The van der Waals surface area contributed by atoms with E-state index in [9.17, 15) is 14.1 Å². The monoisotopic (exact) mass is 451 g/mol. The zero-order valence-electron chi connectivity index (χ0n) is 17.6. The van der Waals surface area contributed by atoms with Gasteiger partial charge in [-0.25, -0.2) is 0 Å². The van der Waals surface area contributed by atoms with Gasteiger partial charge in [-0.15, -0.1) is 4.31 Å². The molecule has 2 aliphatic rings. The summed E-state index contributed by atoms with van der Waals surface area (Å²) in [5.41, 5.74) is 6.68. The van der Waals surface area contributed by atoms with Crippen LogP contribution in [-0.4, -0.2) is 37.5 Å². The summed E-state index contributed by atoms with van der Waals surface area (Å²) in [5.74, 6) is -0.404. The Kier molecular flexibility index (Phi) is 5.54. The van der Waals surface area contributed by atoms with Crippen molar-refractivity contribution in [3.8, 4) is 0 Å². The van der Waals surface area contributed by atoms with Gasteiger partial charge in [-0.2, -0.15) is 0 Å². The summed E-state index contributed by atoms with van der Waals surface area (Å²) in [6.45, 7) is 0.524. The molecule has 0 radical (unpaired) electrons. The van der Waals surface area contributed by atoms with Crippen LogP contribution >= 0.6 is 0 Å². The molecule has 1 saturated heterocycles. The lowest BCUT2D eigenvalue weighted by Crippen LogP contribution is -2.44. The molecule has 1 aliphatic carbocycles. The van der Waals surface area contributed by atoms with Gasteiger partial charge < -0.3 is 15.0 Å². The second-order valence-electron chi connectivity index (χ2n) is 8.47. The lowest BCUT2D eigenvalue weighted by atomic mass is 10.1. The number of nitrogens with two attached hydrogens (primary N) is 1. The Morgan fingerprint density at radius 1 is 1.12 bits per heavy atom. The summed E-state index contributed by atoms with van der Waals surface area (Å²) in [6.07, 6.45) is 4.49. The van der Waals surface area contributed by atoms with Crippen molar-refractivity contribution in [1.82, 2.24) is 8.87 Å². The number of benzene rings is 2. The van der Waals surface area contributed by atoms with E-state index >= 15 is 0 Å². The van der Waals surface area contributed by atoms with E-state index in [1.165, 1.54) is 4.57 Å². The largest absolute Gasteiger partial charge is 0.593 e. The molecular formula is C24H25N3O4S. The number of fused-ring (bicyclic) bond motifs is 1. The summed E-state index contributed by atoms with van der Waals surface area (Å²) >= 11 is -1.39. The normalized spacial score (nSPS) is 20.5. The Hall–Kier alpha value is -2.65. The first-order valence-corrected chi connectivity index (χ1v) is 11.9. The van der Waals surface area contributed by atoms with Gasteiger partial charge >= 0.3 is 5.97 Å². The fourth-order valence-corrected chi connectivity index (χ4v) is 6.26. The van der Waals surface area contributed by atoms with Crippen LogP contribution in [0.15, 0.2) is 70.5 Å². The summed E-state index contributed by atoms with van der Waals surface area (Å²) in [7, 11) is 0. The smallest absolute Gasteiger partial charge is 0.311 e. The zero-order valence-corrected chi connectivity index (χ0v) is 18.4. The molecule has 1 saturated carbocycles. The molecule has 0 amide bonds. The van der Waals surface area contributed by atoms with Crippen LogP contribution in [0.5, 0.6) is 0 Å². The average Bonchev–Trinajstić information content (AvgIpc) is 3.54. The van der Waals surface area contributed by atoms with E-state index in [4.69, 9.17) is 10.5 Å². The van der Waals surface area contributed by atoms with Gasteiger partial charge in [0, 0.05) is 24.2 Å². The van der Waals surface area contributed by atoms with Crippen LogP contribution in [0.1, 0.15) is 24.8 Å². The highest BCUT2D eigenvalue weighted by Crippen LogP contribution is 2.51. The minimum absolute atomic E-state index is 0.0456. The molecule has 2 aromatic carbocycles. The number of hydrogen-bond acceptors (Lipinski definition) is 6. The molecule has 7 nitrogen and oxygen atoms in total. The first kappa shape index (κ1) is 21.2. The molecule has 32 heavy (non-hydrogen) atoms. The highest BCUT2D eigenvalue weighted by atomic mass is 32.2. The fourth-order valence-electron chi connectivity index (χ4n) is 4.55. The van der Waals surface area contributed by atoms with Gasteiger partial charge in [-0.05, 0) is 43.0 Å². The van der Waals surface area contributed by atoms with Gasteiger partial charge in [-0.1, -0.05) is 36.4 Å². The minimum atomic E-state index is -1.39. The topological polar surface area (TPSA) is 101 Å². The van der Waals surface area contributed by atoms with Crippen LogP contribution in [0.4, 0.5) is 0 Å². The second kappa shape index (κ2) is 8.37. The minimum Gasteiger partial charge on any atom is -0.593 e. The van der Waals surface area contributed by atoms with Crippen LogP contribution in [0.2, 0.25) is 0 Å². The quantitative estimate of drug-likeness (QED) is 0.456. The predicted octanol–water partition coefficient (Wildman–Crippen LogP) is 2.33. The Balaban J connectivity index is 1.36. The van der Waals surface area contributed by atoms with E-state index in [1.54, 1.807) is 24.4 Å². The van der Waals surface area contributed by atoms with Gasteiger partial charge in [0.25, 0.3) is 5.56 Å². The van der Waals surface area contributed by atoms with Crippen LogP contribution in [0.3, 0.4) is 0 Å². The maximum atomic E-state index is 13.5. The Labute approximate surface area is 189 Å². The maximum absolute atomic E-state index is 13.5. The molecule has 2 atom stereocenters. The van der Waals surface area contributed by atoms with Crippen molar-refractivity contribution in [3.05, 3.63) is 76.7 Å².